The molecule has 0 aromatic carbocycles. The van der Waals surface area contributed by atoms with Gasteiger partial charge in [0, 0.05) is 0 Å². The number of unbranched alkanes of at least 4 members (excludes halogenated alkanes) is 4. The highest BCUT2D eigenvalue weighted by atomic mass is 15.2. The normalized spacial score (nSPS) is 16.3. The lowest BCUT2D eigenvalue weighted by Crippen LogP contribution is -2.25. The molecule has 0 aromatic heterocycles. The molecule has 0 bridgehead atoms. The van der Waals surface area contributed by atoms with Crippen molar-refractivity contribution in [3.8, 4) is 24.3 Å². The maximum absolute atomic E-state index is 9.21. The molecule has 0 saturated carbocycles. The predicted molar refractivity (Wildman–Crippen MR) is 144 cm³/mol. The van der Waals surface area contributed by atoms with Gasteiger partial charge in [-0.25, -0.2) is 0 Å². The van der Waals surface area contributed by atoms with Crippen molar-refractivity contribution in [3.63, 3.8) is 0 Å². The summed E-state index contributed by atoms with van der Waals surface area (Å²) in [5.41, 5.74) is -3.14. The third-order valence-electron chi connectivity index (χ3n) is 6.33. The Balaban J connectivity index is 0. The van der Waals surface area contributed by atoms with E-state index < -0.39 is 22.2 Å². The molecule has 0 radical (unpaired) electrons. The van der Waals surface area contributed by atoms with Crippen molar-refractivity contribution in [2.45, 2.75) is 155 Å². The Kier molecular flexibility index (Phi) is 18.1. The molecule has 0 spiro atoms. The largest absolute Gasteiger partial charge is 0.196 e. The quantitative estimate of drug-likeness (QED) is 0.155. The van der Waals surface area contributed by atoms with Crippen molar-refractivity contribution in [2.24, 2.45) is 20.5 Å². The molecule has 8 nitrogen and oxygen atoms in total. The summed E-state index contributed by atoms with van der Waals surface area (Å²) in [6.45, 7) is 15.5. The van der Waals surface area contributed by atoms with Gasteiger partial charge in [-0.3, -0.25) is 0 Å². The lowest BCUT2D eigenvalue weighted by Gasteiger charge is -2.20. The summed E-state index contributed by atoms with van der Waals surface area (Å²) in [4.78, 5) is 0. The molecule has 3 unspecified atom stereocenters. The molecule has 0 fully saturated rings. The third-order valence-corrected chi connectivity index (χ3v) is 6.33. The van der Waals surface area contributed by atoms with Crippen molar-refractivity contribution < 1.29 is 0 Å². The van der Waals surface area contributed by atoms with Crippen LogP contribution in [0.5, 0.6) is 0 Å². The van der Waals surface area contributed by atoms with Crippen molar-refractivity contribution in [1.29, 1.82) is 21.0 Å². The first-order valence-corrected chi connectivity index (χ1v) is 13.5. The summed E-state index contributed by atoms with van der Waals surface area (Å²) in [6, 6.07) is 8.80. The van der Waals surface area contributed by atoms with Crippen LogP contribution in [0.25, 0.3) is 0 Å². The van der Waals surface area contributed by atoms with Crippen LogP contribution in [0.2, 0.25) is 0 Å². The van der Waals surface area contributed by atoms with Crippen LogP contribution >= 0.6 is 0 Å². The molecule has 0 amide bonds. The van der Waals surface area contributed by atoms with Gasteiger partial charge in [-0.2, -0.15) is 41.5 Å². The molecule has 0 saturated heterocycles. The molecular weight excluding hydrogens is 448 g/mol. The molecule has 0 N–H and O–H groups in total. The topological polar surface area (TPSA) is 145 Å². The number of rotatable bonds is 16. The van der Waals surface area contributed by atoms with Gasteiger partial charge in [0.15, 0.2) is 22.2 Å². The zero-order valence-electron chi connectivity index (χ0n) is 24.1. The van der Waals surface area contributed by atoms with Crippen LogP contribution in [-0.4, -0.2) is 22.2 Å². The zero-order valence-corrected chi connectivity index (χ0v) is 24.1. The minimum Gasteiger partial charge on any atom is -0.196 e. The molecule has 0 aliphatic rings. The van der Waals surface area contributed by atoms with Crippen LogP contribution in [0.3, 0.4) is 0 Å². The third kappa shape index (κ3) is 13.9. The van der Waals surface area contributed by atoms with Gasteiger partial charge < -0.3 is 0 Å². The van der Waals surface area contributed by atoms with E-state index in [9.17, 15) is 15.8 Å². The fraction of sp³-hybridized carbons (Fsp3) is 0.857. The molecule has 0 rings (SSSR count). The van der Waals surface area contributed by atoms with Crippen LogP contribution < -0.4 is 0 Å². The summed E-state index contributed by atoms with van der Waals surface area (Å²) in [6.07, 6.45) is 10.6. The summed E-state index contributed by atoms with van der Waals surface area (Å²) >= 11 is 0. The highest BCUT2D eigenvalue weighted by molar-refractivity contribution is 5.08. The molecule has 0 heterocycles. The average Bonchev–Trinajstić information content (AvgIpc) is 2.89. The van der Waals surface area contributed by atoms with Gasteiger partial charge >= 0.3 is 0 Å². The summed E-state index contributed by atoms with van der Waals surface area (Å²) < 4.78 is 0. The molecule has 200 valence electrons. The SMILES string of the molecule is CCCCCC(C)(C#N)N=NC(C#N)(CC)CC.CCCCCC(C)(C#N)N=NC(C)(C#N)CCC. The number of nitrogens with zero attached hydrogens (tertiary/aromatic N) is 8. The number of hydrogen-bond donors (Lipinski definition) is 0. The molecule has 0 aliphatic carbocycles. The summed E-state index contributed by atoms with van der Waals surface area (Å²) in [7, 11) is 0. The zero-order chi connectivity index (χ0) is 28.1. The van der Waals surface area contributed by atoms with Crippen LogP contribution in [-0.2, 0) is 0 Å². The Morgan fingerprint density at radius 1 is 0.472 bits per heavy atom. The van der Waals surface area contributed by atoms with Crippen LogP contribution in [0.1, 0.15) is 132 Å². The molecule has 3 atom stereocenters. The first kappa shape index (κ1) is 35.3. The van der Waals surface area contributed by atoms with E-state index in [0.717, 1.165) is 44.9 Å². The lowest BCUT2D eigenvalue weighted by atomic mass is 9.95. The van der Waals surface area contributed by atoms with E-state index in [1.54, 1.807) is 20.8 Å². The van der Waals surface area contributed by atoms with Gasteiger partial charge in [-0.15, -0.1) is 0 Å². The van der Waals surface area contributed by atoms with E-state index in [-0.39, 0.29) is 0 Å². The van der Waals surface area contributed by atoms with Crippen molar-refractivity contribution in [2.75, 3.05) is 0 Å². The second-order valence-corrected chi connectivity index (χ2v) is 10.1. The predicted octanol–water partition coefficient (Wildman–Crippen LogP) is 8.77. The first-order valence-electron chi connectivity index (χ1n) is 13.5. The van der Waals surface area contributed by atoms with Gasteiger partial charge in [0.25, 0.3) is 0 Å². The van der Waals surface area contributed by atoms with Crippen molar-refractivity contribution in [1.82, 2.24) is 0 Å². The Morgan fingerprint density at radius 2 is 0.833 bits per heavy atom. The van der Waals surface area contributed by atoms with Crippen molar-refractivity contribution >= 4 is 0 Å². The minimum atomic E-state index is -0.794. The number of azo groups is 2. The Morgan fingerprint density at radius 3 is 1.11 bits per heavy atom. The maximum atomic E-state index is 9.21. The smallest absolute Gasteiger partial charge is 0.167 e. The molecule has 0 aromatic rings. The van der Waals surface area contributed by atoms with E-state index in [2.05, 4.69) is 58.6 Å². The molecular formula is C28H48N8. The Hall–Kier alpha value is -2.84. The number of nitriles is 4. The van der Waals surface area contributed by atoms with E-state index in [4.69, 9.17) is 5.26 Å². The highest BCUT2D eigenvalue weighted by Crippen LogP contribution is 2.26. The molecule has 8 heteroatoms. The Bertz CT molecular complexity index is 834. The van der Waals surface area contributed by atoms with E-state index in [1.165, 1.54) is 0 Å². The standard InChI is InChI=1S/2C14H24N4/c1-5-7-8-10-14(4,12-16)18-17-13(3,11-15)9-6-2;1-5-8-9-10-13(4,11-15)17-18-14(6-2,7-3)12-16/h2*5-10H2,1-4H3. The van der Waals surface area contributed by atoms with Crippen LogP contribution in [0.15, 0.2) is 20.5 Å². The van der Waals surface area contributed by atoms with Crippen molar-refractivity contribution in [3.05, 3.63) is 0 Å². The van der Waals surface area contributed by atoms with Gasteiger partial charge in [0.05, 0.1) is 24.3 Å². The lowest BCUT2D eigenvalue weighted by molar-refractivity contribution is 0.422. The van der Waals surface area contributed by atoms with Crippen LogP contribution in [0, 0.1) is 45.3 Å². The van der Waals surface area contributed by atoms with E-state index >= 15 is 0 Å². The fourth-order valence-electron chi connectivity index (χ4n) is 3.31. The van der Waals surface area contributed by atoms with E-state index in [0.29, 0.717) is 32.1 Å². The van der Waals surface area contributed by atoms with Gasteiger partial charge in [-0.1, -0.05) is 66.7 Å². The second-order valence-electron chi connectivity index (χ2n) is 10.1. The van der Waals surface area contributed by atoms with Gasteiger partial charge in [-0.05, 0) is 65.7 Å². The summed E-state index contributed by atoms with van der Waals surface area (Å²) in [5.74, 6) is 0. The Labute approximate surface area is 220 Å². The first-order chi connectivity index (χ1) is 17.0. The highest BCUT2D eigenvalue weighted by Gasteiger charge is 2.29. The molecule has 36 heavy (non-hydrogen) atoms. The monoisotopic (exact) mass is 496 g/mol. The fourth-order valence-corrected chi connectivity index (χ4v) is 3.31. The average molecular weight is 497 g/mol. The number of hydrogen-bond acceptors (Lipinski definition) is 8. The summed E-state index contributed by atoms with van der Waals surface area (Å²) in [5, 5.41) is 53.3. The minimum absolute atomic E-state index is 0.625. The second kappa shape index (κ2) is 18.4. The maximum Gasteiger partial charge on any atom is 0.167 e. The van der Waals surface area contributed by atoms with E-state index in [1.807, 2.05) is 20.8 Å². The van der Waals surface area contributed by atoms with Gasteiger partial charge in [0.2, 0.25) is 0 Å². The van der Waals surface area contributed by atoms with Gasteiger partial charge in [0.1, 0.15) is 0 Å². The molecule has 0 aliphatic heterocycles. The van der Waals surface area contributed by atoms with Crippen LogP contribution in [0.4, 0.5) is 0 Å².